The van der Waals surface area contributed by atoms with Gasteiger partial charge in [0.2, 0.25) is 0 Å². The number of carbonyl (C=O) groups is 1. The van der Waals surface area contributed by atoms with Gasteiger partial charge in [-0.25, -0.2) is 13.2 Å². The van der Waals surface area contributed by atoms with E-state index in [1.807, 2.05) is 0 Å². The maximum Gasteiger partial charge on any atom is 0.318 e. The van der Waals surface area contributed by atoms with Crippen molar-refractivity contribution in [2.45, 2.75) is 56.4 Å². The zero-order chi connectivity index (χ0) is 37.1. The van der Waals surface area contributed by atoms with Crippen LogP contribution in [-0.2, 0) is 9.53 Å². The van der Waals surface area contributed by atoms with Crippen molar-refractivity contribution in [1.29, 1.82) is 0 Å². The van der Waals surface area contributed by atoms with Crippen molar-refractivity contribution in [2.75, 3.05) is 71.5 Å². The number of halogens is 3. The van der Waals surface area contributed by atoms with Crippen molar-refractivity contribution >= 4 is 34.0 Å². The topological polar surface area (TPSA) is 105 Å². The van der Waals surface area contributed by atoms with Crippen LogP contribution >= 0.6 is 0 Å². The van der Waals surface area contributed by atoms with Gasteiger partial charge >= 0.3 is 6.01 Å². The van der Waals surface area contributed by atoms with Gasteiger partial charge in [-0.3, -0.25) is 14.7 Å². The summed E-state index contributed by atoms with van der Waals surface area (Å²) in [5.74, 6) is 1.62. The Morgan fingerprint density at radius 1 is 1.06 bits per heavy atom. The number of nitrogens with zero attached hydrogens (tertiary/aromatic N) is 6. The molecule has 0 spiro atoms. The number of benzene rings is 2. The Morgan fingerprint density at radius 3 is 2.49 bits per heavy atom. The summed E-state index contributed by atoms with van der Waals surface area (Å²) in [5.41, 5.74) is -0.00136. The van der Waals surface area contributed by atoms with Crippen molar-refractivity contribution in [1.82, 2.24) is 30.1 Å². The second-order valence-corrected chi connectivity index (χ2v) is 14.1. The number of terminal acetylenes is 1. The number of ether oxygens (including phenoxy) is 3. The number of anilines is 1. The van der Waals surface area contributed by atoms with E-state index in [2.05, 4.69) is 47.9 Å². The van der Waals surface area contributed by atoms with Crippen molar-refractivity contribution in [3.05, 3.63) is 47.7 Å². The Kier molecular flexibility index (Phi) is 11.3. The number of hydrogen-bond donors (Lipinski definition) is 1. The molecule has 53 heavy (non-hydrogen) atoms. The Labute approximate surface area is 306 Å². The summed E-state index contributed by atoms with van der Waals surface area (Å²) in [6, 6.07) is 6.90. The molecule has 0 saturated carbocycles. The summed E-state index contributed by atoms with van der Waals surface area (Å²) in [5, 5.41) is 4.72. The van der Waals surface area contributed by atoms with E-state index in [4.69, 9.17) is 20.6 Å². The fourth-order valence-electron chi connectivity index (χ4n) is 8.06. The molecule has 0 radical (unpaired) electrons. The monoisotopic (exact) mass is 731 g/mol. The molecule has 5 aliphatic rings. The van der Waals surface area contributed by atoms with E-state index < -0.39 is 17.8 Å². The first-order valence-electron chi connectivity index (χ1n) is 18.2. The minimum atomic E-state index is -0.755. The highest BCUT2D eigenvalue weighted by Crippen LogP contribution is 2.39. The second-order valence-electron chi connectivity index (χ2n) is 14.1. The van der Waals surface area contributed by atoms with Crippen LogP contribution in [0.3, 0.4) is 0 Å². The van der Waals surface area contributed by atoms with Crippen LogP contribution in [0.1, 0.15) is 37.7 Å². The highest BCUT2D eigenvalue weighted by atomic mass is 19.1. The average Bonchev–Trinajstić information content (AvgIpc) is 3.86. The van der Waals surface area contributed by atoms with Crippen LogP contribution in [0.25, 0.3) is 32.9 Å². The van der Waals surface area contributed by atoms with Crippen LogP contribution in [0.15, 0.2) is 30.5 Å². The number of nitrogens with one attached hydrogen (secondary N) is 1. The van der Waals surface area contributed by atoms with Gasteiger partial charge in [0.1, 0.15) is 34.8 Å². The van der Waals surface area contributed by atoms with E-state index in [0.29, 0.717) is 41.3 Å². The van der Waals surface area contributed by atoms with Gasteiger partial charge in [-0.05, 0) is 69.3 Å². The van der Waals surface area contributed by atoms with E-state index in [1.165, 1.54) is 50.4 Å². The van der Waals surface area contributed by atoms with Gasteiger partial charge in [0.15, 0.2) is 5.82 Å². The molecule has 5 saturated heterocycles. The molecule has 4 atom stereocenters. The third kappa shape index (κ3) is 7.89. The summed E-state index contributed by atoms with van der Waals surface area (Å²) in [7, 11) is 3.53. The second kappa shape index (κ2) is 16.2. The Morgan fingerprint density at radius 2 is 1.83 bits per heavy atom. The first-order chi connectivity index (χ1) is 25.8. The molecule has 1 N–H and O–H groups in total. The first kappa shape index (κ1) is 36.8. The number of hydrogen-bond acceptors (Lipinski definition) is 11. The van der Waals surface area contributed by atoms with Gasteiger partial charge in [-0.15, -0.1) is 6.42 Å². The third-order valence-electron chi connectivity index (χ3n) is 10.7. The number of likely N-dealkylation sites (N-methyl/N-ethyl adjacent to an activating group) is 1. The largest absolute Gasteiger partial charge is 0.467 e. The molecule has 280 valence electrons. The fourth-order valence-corrected chi connectivity index (χ4v) is 8.06. The van der Waals surface area contributed by atoms with E-state index in [-0.39, 0.29) is 46.0 Å². The lowest BCUT2D eigenvalue weighted by Gasteiger charge is -2.34. The molecule has 14 heteroatoms. The molecule has 11 nitrogen and oxygen atoms in total. The van der Waals surface area contributed by atoms with Gasteiger partial charge in [0.05, 0.1) is 31.3 Å². The molecule has 2 bridgehead atoms. The van der Waals surface area contributed by atoms with Crippen molar-refractivity contribution < 1.29 is 32.2 Å². The van der Waals surface area contributed by atoms with Crippen molar-refractivity contribution in [3.8, 4) is 35.4 Å². The molecule has 5 aliphatic heterocycles. The number of methoxy groups -OCH3 is 1. The summed E-state index contributed by atoms with van der Waals surface area (Å²) in [4.78, 5) is 30.9. The zero-order valence-corrected chi connectivity index (χ0v) is 30.0. The number of fused-ring (bicyclic) bond motifs is 5. The highest BCUT2D eigenvalue weighted by Gasteiger charge is 2.35. The Balaban J connectivity index is 0.000000222. The SMILES string of the molecule is C#Cc1c(F)ccc2cc(OC=O)cc(-c3ncc4c(N5CC6CCC(C5)N6)nc(OC)nc4c3F)c12.CN1CCOCC1.F[C@@H]1CC2CCCN2C1. The summed E-state index contributed by atoms with van der Waals surface area (Å²) in [6.45, 7) is 7.57. The molecular formula is C39H44F3N7O4. The summed E-state index contributed by atoms with van der Waals surface area (Å²) < 4.78 is 59.0. The van der Waals surface area contributed by atoms with Crippen LogP contribution in [0, 0.1) is 24.0 Å². The molecule has 0 amide bonds. The highest BCUT2D eigenvalue weighted by molar-refractivity contribution is 6.03. The fraction of sp³-hybridized carbons (Fsp3) is 0.487. The molecule has 0 aliphatic carbocycles. The molecule has 2 aromatic heterocycles. The molecule has 3 unspecified atom stereocenters. The molecule has 2 aromatic carbocycles. The third-order valence-corrected chi connectivity index (χ3v) is 10.7. The van der Waals surface area contributed by atoms with Crippen LogP contribution in [0.4, 0.5) is 19.0 Å². The molecular weight excluding hydrogens is 687 g/mol. The van der Waals surface area contributed by atoms with Gasteiger partial charge in [0.25, 0.3) is 6.47 Å². The van der Waals surface area contributed by atoms with E-state index >= 15 is 4.39 Å². The minimum Gasteiger partial charge on any atom is -0.467 e. The van der Waals surface area contributed by atoms with Crippen LogP contribution in [0.5, 0.6) is 11.8 Å². The standard InChI is InChI=1S/C27H21F2N5O3.C7H12FN.C5H11NO/c1-3-18-21(28)7-4-14-8-17(37-13-35)9-19(22(14)18)24-23(29)25-20(10-30-24)26(33-27(32-25)36-2)34-11-15-5-6-16(12-34)31-15;8-6-4-7-2-1-3-9(7)5-6;1-6-2-4-7-5-3-6/h1,4,7-10,13,15-16,31H,5-6,11-12H2,2H3;6-7H,1-5H2;2-5H2,1H3/t;6-,7?;/m.1./s1. The molecule has 4 aromatic rings. The number of aromatic nitrogens is 3. The molecule has 5 fully saturated rings. The number of rotatable bonds is 5. The predicted molar refractivity (Wildman–Crippen MR) is 196 cm³/mol. The first-order valence-corrected chi connectivity index (χ1v) is 18.2. The van der Waals surface area contributed by atoms with Crippen LogP contribution < -0.4 is 19.7 Å². The van der Waals surface area contributed by atoms with E-state index in [9.17, 15) is 13.6 Å². The predicted octanol–water partition coefficient (Wildman–Crippen LogP) is 4.73. The lowest BCUT2D eigenvalue weighted by Crippen LogP contribution is -2.51. The number of morpholine rings is 1. The number of piperazine rings is 1. The lowest BCUT2D eigenvalue weighted by molar-refractivity contribution is -0.120. The Hall–Kier alpha value is -4.55. The van der Waals surface area contributed by atoms with Crippen molar-refractivity contribution in [3.63, 3.8) is 0 Å². The molecule has 9 rings (SSSR count). The lowest BCUT2D eigenvalue weighted by atomic mass is 9.95. The summed E-state index contributed by atoms with van der Waals surface area (Å²) in [6.07, 6.45) is 12.1. The Bertz CT molecular complexity index is 1980. The van der Waals surface area contributed by atoms with Crippen molar-refractivity contribution in [2.24, 2.45) is 0 Å². The number of carbonyl (C=O) groups excluding carboxylic acids is 1. The van der Waals surface area contributed by atoms with Gasteiger partial charge in [-0.2, -0.15) is 9.97 Å². The van der Waals surface area contributed by atoms with E-state index in [1.54, 1.807) is 0 Å². The van der Waals surface area contributed by atoms with Gasteiger partial charge in [0, 0.05) is 68.0 Å². The van der Waals surface area contributed by atoms with E-state index in [0.717, 1.165) is 65.2 Å². The summed E-state index contributed by atoms with van der Waals surface area (Å²) >= 11 is 0. The van der Waals surface area contributed by atoms with Crippen LogP contribution in [0.2, 0.25) is 0 Å². The quantitative estimate of drug-likeness (QED) is 0.228. The number of alkyl halides is 1. The maximum atomic E-state index is 16.3. The van der Waals surface area contributed by atoms with Crippen LogP contribution in [-0.4, -0.2) is 122 Å². The van der Waals surface area contributed by atoms with Gasteiger partial charge < -0.3 is 29.3 Å². The zero-order valence-electron chi connectivity index (χ0n) is 30.0. The minimum absolute atomic E-state index is 0.00579. The maximum absolute atomic E-state index is 16.3. The molecule has 7 heterocycles. The normalized spacial score (nSPS) is 23.8. The number of pyridine rings is 1. The van der Waals surface area contributed by atoms with Gasteiger partial charge in [-0.1, -0.05) is 12.0 Å². The smallest absolute Gasteiger partial charge is 0.318 e. The average molecular weight is 732 g/mol.